The van der Waals surface area contributed by atoms with Gasteiger partial charge >= 0.3 is 12.1 Å². The molecule has 0 aliphatic rings. The summed E-state index contributed by atoms with van der Waals surface area (Å²) in [6.45, 7) is 0. The van der Waals surface area contributed by atoms with Crippen LogP contribution in [0.3, 0.4) is 0 Å². The molecule has 0 aliphatic heterocycles. The minimum atomic E-state index is -4.40. The minimum Gasteiger partial charge on any atom is -0.481 e. The molecule has 1 N–H and O–H groups in total. The number of carboxylic acids is 1. The smallest absolute Gasteiger partial charge is 0.416 e. The van der Waals surface area contributed by atoms with Crippen molar-refractivity contribution in [3.05, 3.63) is 71.3 Å². The molecule has 0 fully saturated rings. The van der Waals surface area contributed by atoms with E-state index in [0.717, 1.165) is 17.7 Å². The lowest BCUT2D eigenvalue weighted by atomic mass is 9.88. The molecule has 0 radical (unpaired) electrons. The Labute approximate surface area is 119 Å². The zero-order valence-corrected chi connectivity index (χ0v) is 11.0. The van der Waals surface area contributed by atoms with E-state index in [2.05, 4.69) is 0 Å². The van der Waals surface area contributed by atoms with E-state index in [1.165, 1.54) is 12.1 Å². The SMILES string of the molecule is O=C(O)C[C@@H](c1ccccc1)c1ccc(C(F)(F)F)cc1. The van der Waals surface area contributed by atoms with Gasteiger partial charge in [-0.25, -0.2) is 0 Å². The normalized spacial score (nSPS) is 12.9. The minimum absolute atomic E-state index is 0.171. The van der Waals surface area contributed by atoms with Crippen LogP contribution < -0.4 is 0 Å². The van der Waals surface area contributed by atoms with Gasteiger partial charge in [-0.1, -0.05) is 42.5 Å². The topological polar surface area (TPSA) is 37.3 Å². The summed E-state index contributed by atoms with van der Waals surface area (Å²) in [5.74, 6) is -1.46. The molecule has 2 nitrogen and oxygen atoms in total. The van der Waals surface area contributed by atoms with Crippen molar-refractivity contribution in [2.24, 2.45) is 0 Å². The fourth-order valence-corrected chi connectivity index (χ4v) is 2.19. The van der Waals surface area contributed by atoms with Gasteiger partial charge < -0.3 is 5.11 Å². The van der Waals surface area contributed by atoms with Gasteiger partial charge in [0.05, 0.1) is 12.0 Å². The summed E-state index contributed by atoms with van der Waals surface area (Å²) in [5.41, 5.74) is 0.574. The van der Waals surface area contributed by atoms with E-state index in [-0.39, 0.29) is 6.42 Å². The summed E-state index contributed by atoms with van der Waals surface area (Å²) in [5, 5.41) is 9.01. The van der Waals surface area contributed by atoms with E-state index >= 15 is 0 Å². The molecular formula is C16H13F3O2. The molecule has 0 amide bonds. The highest BCUT2D eigenvalue weighted by Gasteiger charge is 2.30. The number of carbonyl (C=O) groups is 1. The molecule has 5 heteroatoms. The Hall–Kier alpha value is -2.30. The summed E-state index contributed by atoms with van der Waals surface area (Å²) in [7, 11) is 0. The van der Waals surface area contributed by atoms with Crippen LogP contribution in [-0.4, -0.2) is 11.1 Å². The number of aliphatic carboxylic acids is 1. The number of hydrogen-bond donors (Lipinski definition) is 1. The predicted octanol–water partition coefficient (Wildman–Crippen LogP) is 4.31. The van der Waals surface area contributed by atoms with Crippen LogP contribution >= 0.6 is 0 Å². The summed E-state index contributed by atoms with van der Waals surface area (Å²) >= 11 is 0. The summed E-state index contributed by atoms with van der Waals surface area (Å²) in [6.07, 6.45) is -4.57. The Bertz CT molecular complexity index is 604. The molecule has 110 valence electrons. The molecule has 0 saturated heterocycles. The molecule has 0 aliphatic carbocycles. The van der Waals surface area contributed by atoms with Crippen LogP contribution in [0.5, 0.6) is 0 Å². The second-order valence-corrected chi connectivity index (χ2v) is 4.68. The molecule has 0 aromatic heterocycles. The third-order valence-corrected chi connectivity index (χ3v) is 3.22. The Morgan fingerprint density at radius 1 is 0.952 bits per heavy atom. The first-order chi connectivity index (χ1) is 9.88. The third kappa shape index (κ3) is 3.84. The van der Waals surface area contributed by atoms with Gasteiger partial charge in [-0.3, -0.25) is 4.79 Å². The van der Waals surface area contributed by atoms with E-state index in [1.807, 2.05) is 0 Å². The molecule has 0 spiro atoms. The first-order valence-electron chi connectivity index (χ1n) is 6.32. The lowest BCUT2D eigenvalue weighted by molar-refractivity contribution is -0.138. The van der Waals surface area contributed by atoms with Crippen molar-refractivity contribution >= 4 is 5.97 Å². The highest BCUT2D eigenvalue weighted by Crippen LogP contribution is 2.32. The molecule has 1 atom stereocenters. The van der Waals surface area contributed by atoms with Crippen molar-refractivity contribution < 1.29 is 23.1 Å². The van der Waals surface area contributed by atoms with Crippen LogP contribution in [0.25, 0.3) is 0 Å². The summed E-state index contributed by atoms with van der Waals surface area (Å²) in [6, 6.07) is 13.5. The maximum atomic E-state index is 12.6. The molecule has 0 bridgehead atoms. The van der Waals surface area contributed by atoms with E-state index in [0.29, 0.717) is 5.56 Å². The zero-order valence-electron chi connectivity index (χ0n) is 11.0. The number of hydrogen-bond acceptors (Lipinski definition) is 1. The van der Waals surface area contributed by atoms with Gasteiger partial charge in [-0.2, -0.15) is 13.2 Å². The fourth-order valence-electron chi connectivity index (χ4n) is 2.19. The highest BCUT2D eigenvalue weighted by molar-refractivity contribution is 5.69. The zero-order chi connectivity index (χ0) is 15.5. The van der Waals surface area contributed by atoms with Gasteiger partial charge in [0.1, 0.15) is 0 Å². The largest absolute Gasteiger partial charge is 0.481 e. The number of rotatable bonds is 4. The van der Waals surface area contributed by atoms with Crippen LogP contribution in [0, 0.1) is 0 Å². The average Bonchev–Trinajstić information content (AvgIpc) is 2.45. The van der Waals surface area contributed by atoms with Gasteiger partial charge in [0.2, 0.25) is 0 Å². The van der Waals surface area contributed by atoms with Gasteiger partial charge in [0.25, 0.3) is 0 Å². The van der Waals surface area contributed by atoms with E-state index < -0.39 is 23.6 Å². The fraction of sp³-hybridized carbons (Fsp3) is 0.188. The lowest BCUT2D eigenvalue weighted by Gasteiger charge is -2.17. The monoisotopic (exact) mass is 294 g/mol. The predicted molar refractivity (Wildman–Crippen MR) is 72.0 cm³/mol. The number of alkyl halides is 3. The Balaban J connectivity index is 2.36. The molecule has 0 saturated carbocycles. The van der Waals surface area contributed by atoms with Crippen molar-refractivity contribution in [3.8, 4) is 0 Å². The second kappa shape index (κ2) is 5.99. The molecule has 21 heavy (non-hydrogen) atoms. The molecule has 2 aromatic carbocycles. The lowest BCUT2D eigenvalue weighted by Crippen LogP contribution is -2.09. The van der Waals surface area contributed by atoms with Crippen molar-refractivity contribution in [1.29, 1.82) is 0 Å². The van der Waals surface area contributed by atoms with Crippen LogP contribution in [0.2, 0.25) is 0 Å². The van der Waals surface area contributed by atoms with Crippen LogP contribution in [-0.2, 0) is 11.0 Å². The van der Waals surface area contributed by atoms with E-state index in [9.17, 15) is 18.0 Å². The second-order valence-electron chi connectivity index (χ2n) is 4.68. The van der Waals surface area contributed by atoms with Crippen molar-refractivity contribution in [3.63, 3.8) is 0 Å². The Morgan fingerprint density at radius 2 is 1.48 bits per heavy atom. The molecule has 0 unspecified atom stereocenters. The summed E-state index contributed by atoms with van der Waals surface area (Å²) < 4.78 is 37.7. The van der Waals surface area contributed by atoms with Crippen LogP contribution in [0.1, 0.15) is 29.0 Å². The maximum Gasteiger partial charge on any atom is 0.416 e. The van der Waals surface area contributed by atoms with Gasteiger partial charge in [0.15, 0.2) is 0 Å². The Morgan fingerprint density at radius 3 is 1.95 bits per heavy atom. The highest BCUT2D eigenvalue weighted by atomic mass is 19.4. The first kappa shape index (κ1) is 15.1. The van der Waals surface area contributed by atoms with Crippen LogP contribution in [0.15, 0.2) is 54.6 Å². The van der Waals surface area contributed by atoms with Crippen molar-refractivity contribution in [1.82, 2.24) is 0 Å². The molecule has 2 rings (SSSR count). The number of halogens is 3. The van der Waals surface area contributed by atoms with Gasteiger partial charge in [-0.15, -0.1) is 0 Å². The third-order valence-electron chi connectivity index (χ3n) is 3.22. The van der Waals surface area contributed by atoms with Gasteiger partial charge in [-0.05, 0) is 23.3 Å². The summed E-state index contributed by atoms with van der Waals surface area (Å²) in [4.78, 5) is 11.0. The van der Waals surface area contributed by atoms with Crippen molar-refractivity contribution in [2.45, 2.75) is 18.5 Å². The van der Waals surface area contributed by atoms with Gasteiger partial charge in [0, 0.05) is 5.92 Å². The molecule has 2 aromatic rings. The number of benzene rings is 2. The standard InChI is InChI=1S/C16H13F3O2/c17-16(18,19)13-8-6-12(7-9-13)14(10-15(20)21)11-4-2-1-3-5-11/h1-9,14H,10H2,(H,20,21)/t14-/m0/s1. The molecule has 0 heterocycles. The van der Waals surface area contributed by atoms with E-state index in [4.69, 9.17) is 5.11 Å². The quantitative estimate of drug-likeness (QED) is 0.912. The number of carboxylic acid groups (broad SMARTS) is 1. The van der Waals surface area contributed by atoms with E-state index in [1.54, 1.807) is 30.3 Å². The van der Waals surface area contributed by atoms with Crippen molar-refractivity contribution in [2.75, 3.05) is 0 Å². The molecular weight excluding hydrogens is 281 g/mol. The average molecular weight is 294 g/mol. The Kier molecular flexibility index (Phi) is 4.31. The first-order valence-corrected chi connectivity index (χ1v) is 6.32. The maximum absolute atomic E-state index is 12.6. The van der Waals surface area contributed by atoms with Crippen LogP contribution in [0.4, 0.5) is 13.2 Å².